The predicted molar refractivity (Wildman–Crippen MR) is 227 cm³/mol. The number of pyridine rings is 1. The van der Waals surface area contributed by atoms with E-state index in [4.69, 9.17) is 37.9 Å². The lowest BCUT2D eigenvalue weighted by Gasteiger charge is -2.21. The van der Waals surface area contributed by atoms with Gasteiger partial charge >= 0.3 is 12.2 Å². The van der Waals surface area contributed by atoms with E-state index in [-0.39, 0.29) is 37.7 Å². The van der Waals surface area contributed by atoms with Gasteiger partial charge in [0, 0.05) is 77.6 Å². The molecule has 0 aliphatic rings. The molecule has 15 heteroatoms. The predicted octanol–water partition coefficient (Wildman–Crippen LogP) is 6.93. The van der Waals surface area contributed by atoms with E-state index in [1.165, 1.54) is 0 Å². The molecule has 2 unspecified atom stereocenters. The summed E-state index contributed by atoms with van der Waals surface area (Å²) in [6, 6.07) is 35.5. The monoisotopic (exact) mass is 823 g/mol. The van der Waals surface area contributed by atoms with Crippen LogP contribution < -0.4 is 39.4 Å². The van der Waals surface area contributed by atoms with Crippen LogP contribution in [0.2, 0.25) is 0 Å². The number of methoxy groups -OCH3 is 2. The summed E-state index contributed by atoms with van der Waals surface area (Å²) in [7, 11) is 11.0. The van der Waals surface area contributed by atoms with Crippen LogP contribution in [0.5, 0.6) is 23.3 Å². The van der Waals surface area contributed by atoms with Crippen molar-refractivity contribution in [3.05, 3.63) is 138 Å². The highest BCUT2D eigenvalue weighted by Crippen LogP contribution is 2.22. The van der Waals surface area contributed by atoms with E-state index >= 15 is 0 Å². The zero-order chi connectivity index (χ0) is 42.7. The van der Waals surface area contributed by atoms with Gasteiger partial charge in [-0.3, -0.25) is 0 Å². The van der Waals surface area contributed by atoms with Crippen molar-refractivity contribution >= 4 is 23.6 Å². The number of rotatable bonds is 22. The van der Waals surface area contributed by atoms with Gasteiger partial charge in [0.05, 0.1) is 14.2 Å². The highest BCUT2D eigenvalue weighted by Gasteiger charge is 2.19. The van der Waals surface area contributed by atoms with Crippen LogP contribution in [0, 0.1) is 0 Å². The largest absolute Gasteiger partial charge is 0.497 e. The molecule has 2 amide bonds. The molecule has 2 N–H and O–H groups in total. The molecule has 5 rings (SSSR count). The average Bonchev–Trinajstić information content (AvgIpc) is 3.25. The van der Waals surface area contributed by atoms with Crippen molar-refractivity contribution in [3.8, 4) is 23.3 Å². The summed E-state index contributed by atoms with van der Waals surface area (Å²) in [6.07, 6.45) is -2.58. The van der Waals surface area contributed by atoms with E-state index in [1.54, 1.807) is 32.4 Å². The minimum absolute atomic E-state index is 0.175. The fraction of sp³-hybridized carbons (Fsp3) is 0.311. The first-order valence-electron chi connectivity index (χ1n) is 19.2. The highest BCUT2D eigenvalue weighted by atomic mass is 16.8. The number of carbonyl (C=O) groups excluding carboxylic acids is 2. The average molecular weight is 824 g/mol. The zero-order valence-corrected chi connectivity index (χ0v) is 34.8. The van der Waals surface area contributed by atoms with Crippen LogP contribution in [0.15, 0.2) is 115 Å². The fourth-order valence-corrected chi connectivity index (χ4v) is 5.58. The number of hydrogen-bond acceptors (Lipinski definition) is 13. The Kier molecular flexibility index (Phi) is 17.0. The number of ether oxygens (including phenoxy) is 8. The van der Waals surface area contributed by atoms with Gasteiger partial charge in [-0.2, -0.15) is 4.98 Å². The molecular formula is C45H53N5O10. The van der Waals surface area contributed by atoms with Gasteiger partial charge in [-0.15, -0.1) is 0 Å². The molecule has 5 aromatic rings. The Labute approximate surface area is 351 Å². The van der Waals surface area contributed by atoms with Crippen LogP contribution in [-0.4, -0.2) is 85.7 Å². The summed E-state index contributed by atoms with van der Waals surface area (Å²) in [4.78, 5) is 33.6. The number of nitrogens with one attached hydrogen (secondary N) is 2. The molecule has 0 spiro atoms. The summed E-state index contributed by atoms with van der Waals surface area (Å²) < 4.78 is 45.4. The SMILES string of the molecule is COc1ccc(CC(OCOC(=O)NCc2ccc(N(C)C)cc2)Oc2cccc(OC(Cc3ccc(OC)cc3)OCOC(=O)NCc3ccc(N(C)C)cc3)n2)cc1. The van der Waals surface area contributed by atoms with E-state index in [1.807, 2.05) is 135 Å². The number of amides is 2. The molecule has 1 aromatic heterocycles. The number of benzene rings is 4. The molecule has 0 bridgehead atoms. The molecule has 4 aromatic carbocycles. The molecule has 2 atom stereocenters. The molecule has 15 nitrogen and oxygen atoms in total. The first-order valence-corrected chi connectivity index (χ1v) is 19.2. The maximum Gasteiger partial charge on any atom is 0.409 e. The number of anilines is 2. The summed E-state index contributed by atoms with van der Waals surface area (Å²) in [6.45, 7) is -0.221. The standard InChI is InChI=1S/C45H53N5O10/c1-49(2)36-18-10-34(11-19-36)28-46-44(51)57-30-55-42(26-32-14-22-38(53-5)23-15-32)59-40-8-7-9-41(48-40)60-43(27-33-16-24-39(54-6)25-17-33)56-31-58-45(52)47-29-35-12-20-37(21-13-35)50(3)4/h7-25,42-43H,26-31H2,1-6H3,(H,46,51)(H,47,52). The fourth-order valence-electron chi connectivity index (χ4n) is 5.58. The molecular weight excluding hydrogens is 771 g/mol. The Morgan fingerprint density at radius 3 is 1.25 bits per heavy atom. The van der Waals surface area contributed by atoms with E-state index in [9.17, 15) is 9.59 Å². The van der Waals surface area contributed by atoms with Gasteiger partial charge in [0.15, 0.2) is 13.6 Å². The molecule has 0 fully saturated rings. The minimum Gasteiger partial charge on any atom is -0.497 e. The van der Waals surface area contributed by atoms with Crippen LogP contribution >= 0.6 is 0 Å². The summed E-state index contributed by atoms with van der Waals surface area (Å²) in [5, 5.41) is 5.46. The Hall–Kier alpha value is -6.71. The second-order valence-electron chi connectivity index (χ2n) is 13.8. The number of carbonyl (C=O) groups is 2. The van der Waals surface area contributed by atoms with Crippen molar-refractivity contribution in [2.75, 3.05) is 65.8 Å². The summed E-state index contributed by atoms with van der Waals surface area (Å²) in [5.74, 6) is 1.75. The quantitative estimate of drug-likeness (QED) is 0.0696. The van der Waals surface area contributed by atoms with Crippen molar-refractivity contribution in [1.82, 2.24) is 15.6 Å². The molecule has 0 aliphatic heterocycles. The third kappa shape index (κ3) is 14.9. The molecule has 0 radical (unpaired) electrons. The number of hydrogen-bond donors (Lipinski definition) is 2. The Morgan fingerprint density at radius 2 is 0.900 bits per heavy atom. The lowest BCUT2D eigenvalue weighted by molar-refractivity contribution is -0.141. The van der Waals surface area contributed by atoms with Gasteiger partial charge in [0.25, 0.3) is 0 Å². The molecule has 318 valence electrons. The van der Waals surface area contributed by atoms with Crippen molar-refractivity contribution in [3.63, 3.8) is 0 Å². The molecule has 0 aliphatic carbocycles. The van der Waals surface area contributed by atoms with Crippen molar-refractivity contribution in [1.29, 1.82) is 0 Å². The maximum absolute atomic E-state index is 12.5. The molecule has 0 saturated heterocycles. The van der Waals surface area contributed by atoms with E-state index in [0.29, 0.717) is 11.5 Å². The van der Waals surface area contributed by atoms with Gasteiger partial charge in [0.1, 0.15) is 11.5 Å². The topological polar surface area (TPSA) is 151 Å². The van der Waals surface area contributed by atoms with E-state index in [0.717, 1.165) is 33.6 Å². The first kappa shape index (κ1) is 44.4. The minimum atomic E-state index is -0.920. The summed E-state index contributed by atoms with van der Waals surface area (Å²) in [5.41, 5.74) is 5.68. The van der Waals surface area contributed by atoms with Gasteiger partial charge in [-0.25, -0.2) is 9.59 Å². The van der Waals surface area contributed by atoms with Gasteiger partial charge in [-0.1, -0.05) is 54.6 Å². The number of nitrogens with zero attached hydrogens (tertiary/aromatic N) is 3. The van der Waals surface area contributed by atoms with Gasteiger partial charge in [-0.05, 0) is 70.8 Å². The maximum atomic E-state index is 12.5. The number of aromatic nitrogens is 1. The Balaban J connectivity index is 1.20. The van der Waals surface area contributed by atoms with Crippen LogP contribution in [0.3, 0.4) is 0 Å². The first-order chi connectivity index (χ1) is 29.1. The third-order valence-electron chi connectivity index (χ3n) is 8.99. The van der Waals surface area contributed by atoms with Crippen molar-refractivity contribution in [2.24, 2.45) is 0 Å². The molecule has 0 saturated carbocycles. The zero-order valence-electron chi connectivity index (χ0n) is 34.8. The second-order valence-corrected chi connectivity index (χ2v) is 13.8. The summed E-state index contributed by atoms with van der Waals surface area (Å²) >= 11 is 0. The van der Waals surface area contributed by atoms with Crippen LogP contribution in [-0.2, 0) is 44.9 Å². The van der Waals surface area contributed by atoms with Crippen LogP contribution in [0.4, 0.5) is 21.0 Å². The van der Waals surface area contributed by atoms with Crippen molar-refractivity contribution < 1.29 is 47.5 Å². The normalized spacial score (nSPS) is 11.7. The van der Waals surface area contributed by atoms with Crippen LogP contribution in [0.25, 0.3) is 0 Å². The van der Waals surface area contributed by atoms with Gasteiger partial charge in [0.2, 0.25) is 24.3 Å². The highest BCUT2D eigenvalue weighted by molar-refractivity contribution is 5.67. The van der Waals surface area contributed by atoms with Crippen LogP contribution in [0.1, 0.15) is 22.3 Å². The molecule has 1 heterocycles. The van der Waals surface area contributed by atoms with E-state index in [2.05, 4.69) is 15.6 Å². The Morgan fingerprint density at radius 1 is 0.533 bits per heavy atom. The lowest BCUT2D eigenvalue weighted by Crippen LogP contribution is -2.30. The number of alkyl carbamates (subject to hydrolysis) is 2. The smallest absolute Gasteiger partial charge is 0.409 e. The van der Waals surface area contributed by atoms with Gasteiger partial charge < -0.3 is 58.3 Å². The second kappa shape index (κ2) is 23.0. The van der Waals surface area contributed by atoms with Crippen molar-refractivity contribution in [2.45, 2.75) is 38.5 Å². The lowest BCUT2D eigenvalue weighted by atomic mass is 10.1. The van der Waals surface area contributed by atoms with E-state index < -0.39 is 38.4 Å². The third-order valence-corrected chi connectivity index (χ3v) is 8.99. The molecule has 60 heavy (non-hydrogen) atoms. The Bertz CT molecular complexity index is 1900.